The Morgan fingerprint density at radius 3 is 2.13 bits per heavy atom. The first-order valence-electron chi connectivity index (χ1n) is 4.90. The maximum absolute atomic E-state index is 10.7. The van der Waals surface area contributed by atoms with Crippen molar-refractivity contribution >= 4 is 11.9 Å². The zero-order valence-electron chi connectivity index (χ0n) is 9.41. The molecule has 0 spiro atoms. The Morgan fingerprint density at radius 1 is 1.27 bits per heavy atom. The van der Waals surface area contributed by atoms with E-state index in [2.05, 4.69) is 5.32 Å². The quantitative estimate of drug-likeness (QED) is 0.616. The molecule has 0 saturated heterocycles. The Balaban J connectivity index is 3.98. The predicted octanol–water partition coefficient (Wildman–Crippen LogP) is 0.940. The number of hydrogen-bond donors (Lipinski definition) is 3. The molecule has 0 aromatic heterocycles. The molecule has 5 nitrogen and oxygen atoms in total. The largest absolute Gasteiger partial charge is 0.481 e. The fraction of sp³-hybridized carbons (Fsp3) is 0.800. The van der Waals surface area contributed by atoms with Crippen molar-refractivity contribution in [3.05, 3.63) is 0 Å². The zero-order chi connectivity index (χ0) is 12.1. The maximum atomic E-state index is 10.7. The van der Waals surface area contributed by atoms with Crippen LogP contribution in [0.1, 0.15) is 33.6 Å². The molecule has 0 aliphatic heterocycles. The molecule has 15 heavy (non-hydrogen) atoms. The van der Waals surface area contributed by atoms with E-state index in [-0.39, 0.29) is 11.8 Å². The van der Waals surface area contributed by atoms with Crippen LogP contribution in [0.2, 0.25) is 0 Å². The third-order valence-corrected chi connectivity index (χ3v) is 1.94. The van der Waals surface area contributed by atoms with Crippen molar-refractivity contribution < 1.29 is 19.8 Å². The molecule has 1 unspecified atom stereocenters. The van der Waals surface area contributed by atoms with Gasteiger partial charge in [0.05, 0.1) is 6.42 Å². The highest BCUT2D eigenvalue weighted by atomic mass is 16.4. The highest BCUT2D eigenvalue weighted by molar-refractivity contribution is 5.80. The first-order valence-corrected chi connectivity index (χ1v) is 4.90. The predicted molar refractivity (Wildman–Crippen MR) is 55.8 cm³/mol. The fourth-order valence-corrected chi connectivity index (χ4v) is 1.04. The Kier molecular flexibility index (Phi) is 5.28. The second-order valence-corrected chi connectivity index (χ2v) is 4.75. The molecule has 0 heterocycles. The molecular formula is C10H19NO4. The molecule has 0 amide bonds. The third kappa shape index (κ3) is 7.93. The van der Waals surface area contributed by atoms with E-state index in [9.17, 15) is 9.59 Å². The van der Waals surface area contributed by atoms with Gasteiger partial charge in [-0.25, -0.2) is 0 Å². The first-order chi connectivity index (χ1) is 6.72. The lowest BCUT2D eigenvalue weighted by Crippen LogP contribution is -2.39. The number of aliphatic carboxylic acids is 2. The smallest absolute Gasteiger partial charge is 0.321 e. The van der Waals surface area contributed by atoms with Crippen molar-refractivity contribution in [3.8, 4) is 0 Å². The SMILES string of the molecule is CC(C)(C)CCNC(CC(=O)O)C(=O)O. The van der Waals surface area contributed by atoms with Crippen LogP contribution in [-0.2, 0) is 9.59 Å². The van der Waals surface area contributed by atoms with Crippen molar-refractivity contribution in [1.29, 1.82) is 0 Å². The van der Waals surface area contributed by atoms with Gasteiger partial charge in [-0.2, -0.15) is 0 Å². The average molecular weight is 217 g/mol. The van der Waals surface area contributed by atoms with E-state index in [4.69, 9.17) is 10.2 Å². The summed E-state index contributed by atoms with van der Waals surface area (Å²) in [5.74, 6) is -2.23. The van der Waals surface area contributed by atoms with Crippen molar-refractivity contribution in [3.63, 3.8) is 0 Å². The minimum Gasteiger partial charge on any atom is -0.481 e. The maximum Gasteiger partial charge on any atom is 0.321 e. The summed E-state index contributed by atoms with van der Waals surface area (Å²) in [4.78, 5) is 21.0. The summed E-state index contributed by atoms with van der Waals surface area (Å²) in [6.45, 7) is 6.64. The molecule has 0 radical (unpaired) electrons. The summed E-state index contributed by atoms with van der Waals surface area (Å²) in [6.07, 6.45) is 0.413. The van der Waals surface area contributed by atoms with Gasteiger partial charge < -0.3 is 15.5 Å². The number of carboxylic acid groups (broad SMARTS) is 2. The average Bonchev–Trinajstić information content (AvgIpc) is 1.99. The number of nitrogens with one attached hydrogen (secondary N) is 1. The van der Waals surface area contributed by atoms with Crippen LogP contribution in [0, 0.1) is 5.41 Å². The monoisotopic (exact) mass is 217 g/mol. The second kappa shape index (κ2) is 5.70. The zero-order valence-corrected chi connectivity index (χ0v) is 9.41. The van der Waals surface area contributed by atoms with Crippen LogP contribution in [0.25, 0.3) is 0 Å². The van der Waals surface area contributed by atoms with Gasteiger partial charge in [0.25, 0.3) is 0 Å². The summed E-state index contributed by atoms with van der Waals surface area (Å²) in [5.41, 5.74) is 0.110. The summed E-state index contributed by atoms with van der Waals surface area (Å²) < 4.78 is 0. The van der Waals surface area contributed by atoms with Crippen LogP contribution >= 0.6 is 0 Å². The van der Waals surface area contributed by atoms with E-state index in [0.717, 1.165) is 6.42 Å². The topological polar surface area (TPSA) is 86.6 Å². The highest BCUT2D eigenvalue weighted by Gasteiger charge is 2.20. The van der Waals surface area contributed by atoms with Crippen LogP contribution < -0.4 is 5.32 Å². The van der Waals surface area contributed by atoms with E-state index in [1.807, 2.05) is 20.8 Å². The molecule has 0 aliphatic carbocycles. The van der Waals surface area contributed by atoms with E-state index in [1.54, 1.807) is 0 Å². The van der Waals surface area contributed by atoms with Gasteiger partial charge in [0.2, 0.25) is 0 Å². The lowest BCUT2D eigenvalue weighted by atomic mass is 9.92. The van der Waals surface area contributed by atoms with Gasteiger partial charge in [-0.3, -0.25) is 9.59 Å². The molecule has 0 bridgehead atoms. The molecule has 0 aliphatic rings. The lowest BCUT2D eigenvalue weighted by molar-refractivity contribution is -0.145. The lowest BCUT2D eigenvalue weighted by Gasteiger charge is -2.20. The number of carbonyl (C=O) groups is 2. The number of hydrogen-bond acceptors (Lipinski definition) is 3. The fourth-order valence-electron chi connectivity index (χ4n) is 1.04. The van der Waals surface area contributed by atoms with Gasteiger partial charge in [0, 0.05) is 0 Å². The van der Waals surface area contributed by atoms with Crippen molar-refractivity contribution in [2.45, 2.75) is 39.7 Å². The van der Waals surface area contributed by atoms with E-state index in [0.29, 0.717) is 6.54 Å². The molecule has 0 saturated carbocycles. The molecule has 0 fully saturated rings. The van der Waals surface area contributed by atoms with Crippen molar-refractivity contribution in [2.75, 3.05) is 6.54 Å². The van der Waals surface area contributed by atoms with Crippen LogP contribution in [0.15, 0.2) is 0 Å². The van der Waals surface area contributed by atoms with E-state index >= 15 is 0 Å². The summed E-state index contributed by atoms with van der Waals surface area (Å²) in [5, 5.41) is 19.9. The van der Waals surface area contributed by atoms with Crippen molar-refractivity contribution in [2.24, 2.45) is 5.41 Å². The van der Waals surface area contributed by atoms with Crippen molar-refractivity contribution in [1.82, 2.24) is 5.32 Å². The second-order valence-electron chi connectivity index (χ2n) is 4.75. The summed E-state index contributed by atoms with van der Waals surface area (Å²) >= 11 is 0. The Labute approximate surface area is 89.5 Å². The van der Waals surface area contributed by atoms with Crippen LogP contribution in [-0.4, -0.2) is 34.7 Å². The van der Waals surface area contributed by atoms with E-state index < -0.39 is 18.0 Å². The summed E-state index contributed by atoms with van der Waals surface area (Å²) in [7, 11) is 0. The normalized spacial score (nSPS) is 13.5. The Bertz CT molecular complexity index is 232. The van der Waals surface area contributed by atoms with Crippen LogP contribution in [0.4, 0.5) is 0 Å². The minimum absolute atomic E-state index is 0.110. The molecular weight excluding hydrogens is 198 g/mol. The Hall–Kier alpha value is -1.10. The van der Waals surface area contributed by atoms with Gasteiger partial charge >= 0.3 is 11.9 Å². The molecule has 0 aromatic rings. The van der Waals surface area contributed by atoms with E-state index in [1.165, 1.54) is 0 Å². The molecule has 88 valence electrons. The van der Waals surface area contributed by atoms with Gasteiger partial charge in [0.15, 0.2) is 0 Å². The molecule has 3 N–H and O–H groups in total. The molecule has 0 rings (SSSR count). The first kappa shape index (κ1) is 13.9. The van der Waals surface area contributed by atoms with Crippen LogP contribution in [0.5, 0.6) is 0 Å². The van der Waals surface area contributed by atoms with Crippen LogP contribution in [0.3, 0.4) is 0 Å². The molecule has 0 aromatic carbocycles. The van der Waals surface area contributed by atoms with Gasteiger partial charge in [-0.15, -0.1) is 0 Å². The van der Waals surface area contributed by atoms with Gasteiger partial charge in [-0.1, -0.05) is 20.8 Å². The highest BCUT2D eigenvalue weighted by Crippen LogP contribution is 2.17. The summed E-state index contributed by atoms with van der Waals surface area (Å²) in [6, 6.07) is -0.996. The van der Waals surface area contributed by atoms with Gasteiger partial charge in [0.1, 0.15) is 6.04 Å². The Morgan fingerprint density at radius 2 is 1.80 bits per heavy atom. The number of carboxylic acids is 2. The number of rotatable bonds is 6. The standard InChI is InChI=1S/C10H19NO4/c1-10(2,3)4-5-11-7(9(14)15)6-8(12)13/h7,11H,4-6H2,1-3H3,(H,12,13)(H,14,15). The van der Waals surface area contributed by atoms with Gasteiger partial charge in [-0.05, 0) is 18.4 Å². The minimum atomic E-state index is -1.12. The third-order valence-electron chi connectivity index (χ3n) is 1.94. The molecule has 5 heteroatoms. The molecule has 1 atom stereocenters.